The molecule has 0 aliphatic heterocycles. The number of aromatic nitrogens is 1. The highest BCUT2D eigenvalue weighted by Crippen LogP contribution is 2.56. The molecule has 0 radical (unpaired) electrons. The third kappa shape index (κ3) is 1.47. The molecule has 84 valence electrons. The van der Waals surface area contributed by atoms with Gasteiger partial charge in [0.1, 0.15) is 0 Å². The Morgan fingerprint density at radius 2 is 2.25 bits per heavy atom. The van der Waals surface area contributed by atoms with E-state index in [0.717, 1.165) is 16.1 Å². The molecule has 16 heavy (non-hydrogen) atoms. The van der Waals surface area contributed by atoms with E-state index >= 15 is 0 Å². The van der Waals surface area contributed by atoms with Crippen LogP contribution in [0, 0.1) is 12.8 Å². The Labute approximate surface area is 103 Å². The van der Waals surface area contributed by atoms with Crippen LogP contribution in [-0.4, -0.2) is 16.4 Å². The summed E-state index contributed by atoms with van der Waals surface area (Å²) in [7, 11) is 0. The fraction of sp³-hybridized carbons (Fsp3) is 0.500. The number of aryl methyl sites for hydroxylation is 1. The first-order valence-corrected chi connectivity index (χ1v) is 6.32. The molecule has 1 heterocycles. The molecule has 3 fully saturated rings. The topological polar surface area (TPSA) is 42.0 Å². The molecular formula is C12H13BrN2O. The normalized spacial score (nSPS) is 30.2. The minimum atomic E-state index is 0.0180. The Kier molecular flexibility index (Phi) is 2.11. The van der Waals surface area contributed by atoms with Gasteiger partial charge in [-0.05, 0) is 54.1 Å². The molecule has 0 saturated heterocycles. The minimum Gasteiger partial charge on any atom is -0.347 e. The Morgan fingerprint density at radius 1 is 1.56 bits per heavy atom. The van der Waals surface area contributed by atoms with Gasteiger partial charge in [0, 0.05) is 16.2 Å². The van der Waals surface area contributed by atoms with Crippen LogP contribution in [-0.2, 0) is 0 Å². The fourth-order valence-electron chi connectivity index (χ4n) is 2.68. The third-order valence-electron chi connectivity index (χ3n) is 3.72. The monoisotopic (exact) mass is 280 g/mol. The summed E-state index contributed by atoms with van der Waals surface area (Å²) in [6, 6.07) is 1.84. The van der Waals surface area contributed by atoms with Crippen LogP contribution in [0.1, 0.15) is 35.3 Å². The number of hydrogen-bond donors (Lipinski definition) is 1. The van der Waals surface area contributed by atoms with Gasteiger partial charge in [-0.25, -0.2) is 0 Å². The van der Waals surface area contributed by atoms with E-state index in [2.05, 4.69) is 26.2 Å². The predicted octanol–water partition coefficient (Wildman–Crippen LogP) is 2.43. The average Bonchev–Trinajstić information content (AvgIpc) is 2.13. The molecule has 1 N–H and O–H groups in total. The van der Waals surface area contributed by atoms with Crippen molar-refractivity contribution in [2.75, 3.05) is 0 Å². The van der Waals surface area contributed by atoms with Gasteiger partial charge in [-0.15, -0.1) is 0 Å². The number of rotatable bonds is 2. The molecule has 0 unspecified atom stereocenters. The highest BCUT2D eigenvalue weighted by atomic mass is 79.9. The Hall–Kier alpha value is -0.900. The molecule has 2 bridgehead atoms. The SMILES string of the molecule is Cc1ncc(Br)cc1C(=O)NC12CC(C1)C2. The Morgan fingerprint density at radius 3 is 2.81 bits per heavy atom. The summed E-state index contributed by atoms with van der Waals surface area (Å²) >= 11 is 3.34. The van der Waals surface area contributed by atoms with Crippen molar-refractivity contribution in [2.45, 2.75) is 31.7 Å². The average molecular weight is 281 g/mol. The van der Waals surface area contributed by atoms with Crippen molar-refractivity contribution < 1.29 is 4.79 Å². The third-order valence-corrected chi connectivity index (χ3v) is 4.15. The number of nitrogens with zero attached hydrogens (tertiary/aromatic N) is 1. The van der Waals surface area contributed by atoms with Crippen LogP contribution in [0.2, 0.25) is 0 Å². The van der Waals surface area contributed by atoms with Gasteiger partial charge in [-0.2, -0.15) is 0 Å². The molecule has 1 aromatic rings. The molecule has 4 heteroatoms. The number of carbonyl (C=O) groups is 1. The Bertz CT molecular complexity index is 455. The van der Waals surface area contributed by atoms with E-state index < -0.39 is 0 Å². The van der Waals surface area contributed by atoms with Crippen LogP contribution in [0.3, 0.4) is 0 Å². The number of hydrogen-bond acceptors (Lipinski definition) is 2. The van der Waals surface area contributed by atoms with Crippen LogP contribution in [0.4, 0.5) is 0 Å². The van der Waals surface area contributed by atoms with E-state index in [1.165, 1.54) is 19.3 Å². The van der Waals surface area contributed by atoms with Crippen molar-refractivity contribution in [3.05, 3.63) is 28.0 Å². The lowest BCUT2D eigenvalue weighted by Crippen LogP contribution is -2.68. The fourth-order valence-corrected chi connectivity index (χ4v) is 3.01. The Balaban J connectivity index is 1.80. The first-order chi connectivity index (χ1) is 7.58. The molecule has 3 saturated carbocycles. The van der Waals surface area contributed by atoms with E-state index in [9.17, 15) is 4.79 Å². The molecule has 1 amide bonds. The van der Waals surface area contributed by atoms with Gasteiger partial charge < -0.3 is 5.32 Å². The maximum absolute atomic E-state index is 12.1. The van der Waals surface area contributed by atoms with Crippen molar-refractivity contribution in [2.24, 2.45) is 5.92 Å². The van der Waals surface area contributed by atoms with Crippen molar-refractivity contribution in [3.8, 4) is 0 Å². The molecule has 1 aromatic heterocycles. The molecule has 0 atom stereocenters. The lowest BCUT2D eigenvalue weighted by Gasteiger charge is -2.61. The van der Waals surface area contributed by atoms with Gasteiger partial charge >= 0.3 is 0 Å². The maximum atomic E-state index is 12.1. The number of carbonyl (C=O) groups excluding carboxylic acids is 1. The second-order valence-corrected chi connectivity index (χ2v) is 5.92. The van der Waals surface area contributed by atoms with Gasteiger partial charge in [0.25, 0.3) is 5.91 Å². The molecular weight excluding hydrogens is 268 g/mol. The molecule has 3 aliphatic carbocycles. The smallest absolute Gasteiger partial charge is 0.253 e. The number of pyridine rings is 1. The van der Waals surface area contributed by atoms with E-state index in [4.69, 9.17) is 0 Å². The molecule has 3 aliphatic rings. The molecule has 0 spiro atoms. The van der Waals surface area contributed by atoms with Gasteiger partial charge in [-0.3, -0.25) is 9.78 Å². The number of amides is 1. The summed E-state index contributed by atoms with van der Waals surface area (Å²) in [5.74, 6) is 0.895. The zero-order valence-corrected chi connectivity index (χ0v) is 10.7. The van der Waals surface area contributed by atoms with E-state index in [-0.39, 0.29) is 11.4 Å². The lowest BCUT2D eigenvalue weighted by molar-refractivity contribution is -0.0438. The quantitative estimate of drug-likeness (QED) is 0.904. The van der Waals surface area contributed by atoms with Gasteiger partial charge in [0.2, 0.25) is 0 Å². The van der Waals surface area contributed by atoms with E-state index in [0.29, 0.717) is 5.56 Å². The van der Waals surface area contributed by atoms with E-state index in [1.54, 1.807) is 6.20 Å². The van der Waals surface area contributed by atoms with Crippen LogP contribution >= 0.6 is 15.9 Å². The zero-order valence-electron chi connectivity index (χ0n) is 9.09. The minimum absolute atomic E-state index is 0.0180. The van der Waals surface area contributed by atoms with E-state index in [1.807, 2.05) is 13.0 Å². The van der Waals surface area contributed by atoms with Crippen molar-refractivity contribution in [1.29, 1.82) is 0 Å². The lowest BCUT2D eigenvalue weighted by atomic mass is 9.50. The summed E-state index contributed by atoms with van der Waals surface area (Å²) in [5, 5.41) is 3.14. The van der Waals surface area contributed by atoms with Gasteiger partial charge in [0.15, 0.2) is 0 Å². The zero-order chi connectivity index (χ0) is 11.3. The van der Waals surface area contributed by atoms with Crippen molar-refractivity contribution >= 4 is 21.8 Å². The van der Waals surface area contributed by atoms with Crippen LogP contribution in [0.5, 0.6) is 0 Å². The largest absolute Gasteiger partial charge is 0.347 e. The highest BCUT2D eigenvalue weighted by Gasteiger charge is 2.57. The summed E-state index contributed by atoms with van der Waals surface area (Å²) in [5.41, 5.74) is 1.60. The first kappa shape index (κ1) is 10.3. The number of nitrogens with one attached hydrogen (secondary N) is 1. The highest BCUT2D eigenvalue weighted by molar-refractivity contribution is 9.10. The molecule has 4 rings (SSSR count). The second kappa shape index (κ2) is 3.29. The first-order valence-electron chi connectivity index (χ1n) is 5.53. The van der Waals surface area contributed by atoms with Gasteiger partial charge in [0.05, 0.1) is 11.3 Å². The summed E-state index contributed by atoms with van der Waals surface area (Å²) in [6.07, 6.45) is 5.21. The van der Waals surface area contributed by atoms with Crippen LogP contribution in [0.15, 0.2) is 16.7 Å². The van der Waals surface area contributed by atoms with Crippen molar-refractivity contribution in [3.63, 3.8) is 0 Å². The van der Waals surface area contributed by atoms with Crippen molar-refractivity contribution in [1.82, 2.24) is 10.3 Å². The molecule has 3 nitrogen and oxygen atoms in total. The summed E-state index contributed by atoms with van der Waals surface area (Å²) < 4.78 is 0.848. The predicted molar refractivity (Wildman–Crippen MR) is 64.2 cm³/mol. The van der Waals surface area contributed by atoms with Gasteiger partial charge in [-0.1, -0.05) is 0 Å². The second-order valence-electron chi connectivity index (χ2n) is 5.00. The van der Waals surface area contributed by atoms with Crippen LogP contribution in [0.25, 0.3) is 0 Å². The van der Waals surface area contributed by atoms with Crippen LogP contribution < -0.4 is 5.32 Å². The maximum Gasteiger partial charge on any atom is 0.253 e. The number of halogens is 1. The summed E-state index contributed by atoms with van der Waals surface area (Å²) in [6.45, 7) is 1.86. The summed E-state index contributed by atoms with van der Waals surface area (Å²) in [4.78, 5) is 16.3. The standard InChI is InChI=1S/C12H13BrN2O/c1-7-10(2-9(13)6-14-7)11(16)15-12-3-8(4-12)5-12/h2,6,8H,3-5H2,1H3,(H,15,16). The molecule has 0 aromatic carbocycles.